The Balaban J connectivity index is 2.58. The quantitative estimate of drug-likeness (QED) is 0.790. The SMILES string of the molecule is CCC(C)C1CNCCN1CCS(=O)(=O)C(C)C. The van der Waals surface area contributed by atoms with E-state index in [1.807, 2.05) is 0 Å². The second kappa shape index (κ2) is 6.87. The van der Waals surface area contributed by atoms with Gasteiger partial charge in [0, 0.05) is 32.2 Å². The van der Waals surface area contributed by atoms with Crippen LogP contribution in [0.3, 0.4) is 0 Å². The predicted octanol–water partition coefficient (Wildman–Crippen LogP) is 1.13. The Hall–Kier alpha value is -0.130. The molecule has 0 radical (unpaired) electrons. The molecule has 0 aromatic rings. The minimum atomic E-state index is -2.92. The summed E-state index contributed by atoms with van der Waals surface area (Å²) in [6.45, 7) is 11.6. The Bertz CT molecular complexity index is 341. The Kier molecular flexibility index (Phi) is 6.08. The van der Waals surface area contributed by atoms with Crippen LogP contribution in [0.5, 0.6) is 0 Å². The smallest absolute Gasteiger partial charge is 0.153 e. The van der Waals surface area contributed by atoms with E-state index in [9.17, 15) is 8.42 Å². The van der Waals surface area contributed by atoms with E-state index in [0.29, 0.717) is 18.5 Å². The summed E-state index contributed by atoms with van der Waals surface area (Å²) in [7, 11) is -2.92. The van der Waals surface area contributed by atoms with Crippen molar-refractivity contribution in [2.45, 2.75) is 45.4 Å². The Morgan fingerprint density at radius 2 is 2.00 bits per heavy atom. The van der Waals surface area contributed by atoms with Gasteiger partial charge in [-0.1, -0.05) is 20.3 Å². The lowest BCUT2D eigenvalue weighted by Gasteiger charge is -2.39. The summed E-state index contributed by atoms with van der Waals surface area (Å²) in [5.41, 5.74) is 0. The lowest BCUT2D eigenvalue weighted by Crippen LogP contribution is -2.55. The number of sulfone groups is 1. The molecule has 1 N–H and O–H groups in total. The first kappa shape index (κ1) is 15.9. The fraction of sp³-hybridized carbons (Fsp3) is 1.00. The van der Waals surface area contributed by atoms with E-state index in [1.54, 1.807) is 13.8 Å². The van der Waals surface area contributed by atoms with Crippen molar-refractivity contribution in [3.8, 4) is 0 Å². The van der Waals surface area contributed by atoms with E-state index in [0.717, 1.165) is 26.1 Å². The van der Waals surface area contributed by atoms with Crippen molar-refractivity contribution in [3.63, 3.8) is 0 Å². The third-order valence-corrected chi connectivity index (χ3v) is 6.27. The third kappa shape index (κ3) is 4.21. The van der Waals surface area contributed by atoms with Gasteiger partial charge in [-0.15, -0.1) is 0 Å². The lowest BCUT2D eigenvalue weighted by molar-refractivity contribution is 0.124. The molecule has 0 amide bonds. The molecule has 0 spiro atoms. The van der Waals surface area contributed by atoms with Gasteiger partial charge in [-0.2, -0.15) is 0 Å². The summed E-state index contributed by atoms with van der Waals surface area (Å²) in [5, 5.41) is 3.15. The first-order valence-corrected chi connectivity index (χ1v) is 8.76. The van der Waals surface area contributed by atoms with Gasteiger partial charge in [0.25, 0.3) is 0 Å². The van der Waals surface area contributed by atoms with Crippen LogP contribution in [0.4, 0.5) is 0 Å². The standard InChI is InChI=1S/C13H28N2O2S/c1-5-12(4)13-10-14-6-7-15(13)8-9-18(16,17)11(2)3/h11-14H,5-10H2,1-4H3. The summed E-state index contributed by atoms with van der Waals surface area (Å²) in [6, 6.07) is 0.478. The van der Waals surface area contributed by atoms with Gasteiger partial charge in [0.2, 0.25) is 0 Å². The van der Waals surface area contributed by atoms with Crippen molar-refractivity contribution in [1.82, 2.24) is 10.2 Å². The van der Waals surface area contributed by atoms with Gasteiger partial charge in [0.15, 0.2) is 9.84 Å². The zero-order chi connectivity index (χ0) is 13.8. The fourth-order valence-corrected chi connectivity index (χ4v) is 3.32. The number of nitrogens with zero attached hydrogens (tertiary/aromatic N) is 1. The molecule has 1 aliphatic rings. The van der Waals surface area contributed by atoms with Crippen LogP contribution in [0.1, 0.15) is 34.1 Å². The zero-order valence-electron chi connectivity index (χ0n) is 12.1. The van der Waals surface area contributed by atoms with Gasteiger partial charge >= 0.3 is 0 Å². The van der Waals surface area contributed by atoms with Crippen LogP contribution in [0, 0.1) is 5.92 Å². The number of nitrogens with one attached hydrogen (secondary N) is 1. The van der Waals surface area contributed by atoms with Gasteiger partial charge in [-0.25, -0.2) is 8.42 Å². The molecule has 0 bridgehead atoms. The van der Waals surface area contributed by atoms with Crippen molar-refractivity contribution < 1.29 is 8.42 Å². The van der Waals surface area contributed by atoms with Crippen molar-refractivity contribution in [2.24, 2.45) is 5.92 Å². The lowest BCUT2D eigenvalue weighted by atomic mass is 9.96. The van der Waals surface area contributed by atoms with Gasteiger partial charge in [0.05, 0.1) is 11.0 Å². The third-order valence-electron chi connectivity index (χ3n) is 4.08. The van der Waals surface area contributed by atoms with Crippen molar-refractivity contribution >= 4 is 9.84 Å². The minimum Gasteiger partial charge on any atom is -0.314 e. The molecule has 1 fully saturated rings. The summed E-state index contributed by atoms with van der Waals surface area (Å²) in [4.78, 5) is 2.35. The molecule has 0 aromatic heterocycles. The molecule has 0 aliphatic carbocycles. The van der Waals surface area contributed by atoms with Crippen LogP contribution in [0.2, 0.25) is 0 Å². The van der Waals surface area contributed by atoms with Crippen LogP contribution in [-0.2, 0) is 9.84 Å². The van der Waals surface area contributed by atoms with E-state index in [1.165, 1.54) is 0 Å². The minimum absolute atomic E-state index is 0.262. The van der Waals surface area contributed by atoms with Gasteiger partial charge < -0.3 is 5.32 Å². The first-order valence-electron chi connectivity index (χ1n) is 7.04. The molecule has 18 heavy (non-hydrogen) atoms. The van der Waals surface area contributed by atoms with Crippen LogP contribution in [0.15, 0.2) is 0 Å². The molecular formula is C13H28N2O2S. The monoisotopic (exact) mass is 276 g/mol. The molecule has 2 unspecified atom stereocenters. The topological polar surface area (TPSA) is 49.4 Å². The van der Waals surface area contributed by atoms with Crippen LogP contribution >= 0.6 is 0 Å². The molecule has 1 heterocycles. The Morgan fingerprint density at radius 1 is 1.33 bits per heavy atom. The van der Waals surface area contributed by atoms with E-state index in [4.69, 9.17) is 0 Å². The average Bonchev–Trinajstić information content (AvgIpc) is 2.35. The molecule has 5 heteroatoms. The highest BCUT2D eigenvalue weighted by atomic mass is 32.2. The highest BCUT2D eigenvalue weighted by Crippen LogP contribution is 2.16. The van der Waals surface area contributed by atoms with Crippen LogP contribution in [0.25, 0.3) is 0 Å². The van der Waals surface area contributed by atoms with Crippen LogP contribution in [-0.4, -0.2) is 56.5 Å². The molecule has 1 aliphatic heterocycles. The highest BCUT2D eigenvalue weighted by Gasteiger charge is 2.27. The molecule has 2 atom stereocenters. The van der Waals surface area contributed by atoms with Gasteiger partial charge in [-0.3, -0.25) is 4.90 Å². The summed E-state index contributed by atoms with van der Waals surface area (Å²) in [6.07, 6.45) is 1.14. The van der Waals surface area contributed by atoms with E-state index >= 15 is 0 Å². The van der Waals surface area contributed by atoms with Gasteiger partial charge in [-0.05, 0) is 19.8 Å². The maximum atomic E-state index is 11.9. The maximum Gasteiger partial charge on any atom is 0.153 e. The van der Waals surface area contributed by atoms with Crippen molar-refractivity contribution in [3.05, 3.63) is 0 Å². The largest absolute Gasteiger partial charge is 0.314 e. The molecule has 0 saturated carbocycles. The predicted molar refractivity (Wildman–Crippen MR) is 76.6 cm³/mol. The molecule has 1 saturated heterocycles. The number of piperazine rings is 1. The number of hydrogen-bond donors (Lipinski definition) is 1. The molecular weight excluding hydrogens is 248 g/mol. The Morgan fingerprint density at radius 3 is 2.56 bits per heavy atom. The van der Waals surface area contributed by atoms with E-state index in [-0.39, 0.29) is 11.0 Å². The van der Waals surface area contributed by atoms with Gasteiger partial charge in [0.1, 0.15) is 0 Å². The number of hydrogen-bond acceptors (Lipinski definition) is 4. The normalized spacial score (nSPS) is 24.4. The van der Waals surface area contributed by atoms with Crippen molar-refractivity contribution in [1.29, 1.82) is 0 Å². The molecule has 1 rings (SSSR count). The molecule has 108 valence electrons. The summed E-state index contributed by atoms with van der Waals surface area (Å²) < 4.78 is 23.8. The molecule has 4 nitrogen and oxygen atoms in total. The highest BCUT2D eigenvalue weighted by molar-refractivity contribution is 7.92. The second-order valence-corrected chi connectivity index (χ2v) is 8.29. The maximum absolute atomic E-state index is 11.9. The second-order valence-electron chi connectivity index (χ2n) is 5.61. The van der Waals surface area contributed by atoms with E-state index < -0.39 is 9.84 Å². The van der Waals surface area contributed by atoms with Crippen molar-refractivity contribution in [2.75, 3.05) is 31.9 Å². The fourth-order valence-electron chi connectivity index (χ4n) is 2.36. The Labute approximate surface area is 112 Å². The molecule has 0 aromatic carbocycles. The zero-order valence-corrected chi connectivity index (χ0v) is 13.0. The first-order chi connectivity index (χ1) is 8.38. The van der Waals surface area contributed by atoms with Crippen LogP contribution < -0.4 is 5.32 Å². The number of rotatable bonds is 6. The summed E-state index contributed by atoms with van der Waals surface area (Å²) >= 11 is 0. The summed E-state index contributed by atoms with van der Waals surface area (Å²) in [5.74, 6) is 0.900. The van der Waals surface area contributed by atoms with E-state index in [2.05, 4.69) is 24.1 Å². The average molecular weight is 276 g/mol.